The topological polar surface area (TPSA) is 48.5 Å². The number of carbonyl (C=O) groups is 1. The SMILES string of the molecule is CCCc1nc(C(=O)N[C@@H]2C3CN4CCN(C3)CC2(c2ccccc2)C4)cs1. The normalized spacial score (nSPS) is 33.6. The van der Waals surface area contributed by atoms with E-state index in [0.717, 1.165) is 57.1 Å². The maximum Gasteiger partial charge on any atom is 0.271 e. The van der Waals surface area contributed by atoms with Gasteiger partial charge in [-0.2, -0.15) is 0 Å². The molecule has 1 aromatic heterocycles. The molecule has 1 amide bonds. The summed E-state index contributed by atoms with van der Waals surface area (Å²) in [7, 11) is 0. The second kappa shape index (κ2) is 7.25. The molecule has 4 bridgehead atoms. The smallest absolute Gasteiger partial charge is 0.271 e. The van der Waals surface area contributed by atoms with E-state index in [9.17, 15) is 4.79 Å². The summed E-state index contributed by atoms with van der Waals surface area (Å²) in [6.45, 7) is 8.62. The average Bonchev–Trinajstić information content (AvgIpc) is 3.03. The van der Waals surface area contributed by atoms with E-state index in [1.54, 1.807) is 11.3 Å². The third-order valence-corrected chi connectivity index (χ3v) is 7.59. The fraction of sp³-hybridized carbons (Fsp3) is 0.545. The summed E-state index contributed by atoms with van der Waals surface area (Å²) in [4.78, 5) is 22.9. The van der Waals surface area contributed by atoms with Crippen LogP contribution in [0.25, 0.3) is 0 Å². The summed E-state index contributed by atoms with van der Waals surface area (Å²) in [6, 6.07) is 11.0. The molecule has 6 heteroatoms. The summed E-state index contributed by atoms with van der Waals surface area (Å²) in [6.07, 6.45) is 2.00. The molecule has 4 aliphatic heterocycles. The lowest BCUT2D eigenvalue weighted by Gasteiger charge is -2.55. The number of thiazole rings is 1. The zero-order chi connectivity index (χ0) is 19.1. The van der Waals surface area contributed by atoms with Gasteiger partial charge in [-0.15, -0.1) is 11.3 Å². The Morgan fingerprint density at radius 3 is 2.61 bits per heavy atom. The first-order valence-electron chi connectivity index (χ1n) is 10.4. The molecular weight excluding hydrogens is 368 g/mol. The summed E-state index contributed by atoms with van der Waals surface area (Å²) in [5.41, 5.74) is 1.90. The second-order valence-corrected chi connectivity index (χ2v) is 9.52. The zero-order valence-corrected chi connectivity index (χ0v) is 17.3. The number of piperidine rings is 2. The van der Waals surface area contributed by atoms with Crippen LogP contribution in [0.15, 0.2) is 35.7 Å². The van der Waals surface area contributed by atoms with E-state index in [-0.39, 0.29) is 17.4 Å². The van der Waals surface area contributed by atoms with Gasteiger partial charge in [0.15, 0.2) is 0 Å². The molecule has 0 saturated carbocycles. The fourth-order valence-corrected chi connectivity index (χ4v) is 6.41. The van der Waals surface area contributed by atoms with Crippen molar-refractivity contribution in [2.75, 3.05) is 39.3 Å². The molecule has 1 N–H and O–H groups in total. The summed E-state index contributed by atoms with van der Waals surface area (Å²) < 4.78 is 0. The van der Waals surface area contributed by atoms with Crippen molar-refractivity contribution in [2.24, 2.45) is 5.92 Å². The van der Waals surface area contributed by atoms with Crippen LogP contribution in [0, 0.1) is 5.92 Å². The Balaban J connectivity index is 1.47. The van der Waals surface area contributed by atoms with Crippen LogP contribution in [0.2, 0.25) is 0 Å². The third-order valence-electron chi connectivity index (χ3n) is 6.68. The van der Waals surface area contributed by atoms with E-state index in [0.29, 0.717) is 11.6 Å². The highest BCUT2D eigenvalue weighted by atomic mass is 32.1. The van der Waals surface area contributed by atoms with E-state index in [4.69, 9.17) is 0 Å². The minimum Gasteiger partial charge on any atom is -0.347 e. The Bertz CT molecular complexity index is 835. The van der Waals surface area contributed by atoms with E-state index < -0.39 is 0 Å². The van der Waals surface area contributed by atoms with Crippen LogP contribution >= 0.6 is 11.3 Å². The first kappa shape index (κ1) is 18.3. The lowest BCUT2D eigenvalue weighted by molar-refractivity contribution is 0.0179. The van der Waals surface area contributed by atoms with Gasteiger partial charge in [0.2, 0.25) is 0 Å². The lowest BCUT2D eigenvalue weighted by Crippen LogP contribution is -2.70. The summed E-state index contributed by atoms with van der Waals surface area (Å²) >= 11 is 1.60. The number of hydrogen-bond acceptors (Lipinski definition) is 5. The Hall–Kier alpha value is -1.76. The van der Waals surface area contributed by atoms with Gasteiger partial charge >= 0.3 is 0 Å². The first-order valence-corrected chi connectivity index (χ1v) is 11.3. The molecule has 4 saturated heterocycles. The number of fused-ring (bicyclic) bond motifs is 1. The molecule has 5 nitrogen and oxygen atoms in total. The lowest BCUT2D eigenvalue weighted by atomic mass is 9.64. The van der Waals surface area contributed by atoms with Crippen LogP contribution in [-0.4, -0.2) is 66.0 Å². The minimum absolute atomic E-state index is 0.00458. The maximum atomic E-state index is 13.1. The maximum absolute atomic E-state index is 13.1. The first-order chi connectivity index (χ1) is 13.7. The largest absolute Gasteiger partial charge is 0.347 e. The molecule has 1 aromatic carbocycles. The van der Waals surface area contributed by atoms with Gasteiger partial charge in [-0.05, 0) is 18.4 Å². The highest BCUT2D eigenvalue weighted by Crippen LogP contribution is 2.43. The Morgan fingerprint density at radius 1 is 1.21 bits per heavy atom. The monoisotopic (exact) mass is 396 g/mol. The minimum atomic E-state index is -0.0448. The average molecular weight is 397 g/mol. The number of nitrogens with one attached hydrogen (secondary N) is 1. The number of rotatable bonds is 5. The molecular formula is C22H28N4OS. The molecule has 4 aliphatic rings. The van der Waals surface area contributed by atoms with Gasteiger partial charge in [-0.25, -0.2) is 4.98 Å². The molecule has 4 fully saturated rings. The van der Waals surface area contributed by atoms with Crippen molar-refractivity contribution in [3.05, 3.63) is 52.0 Å². The van der Waals surface area contributed by atoms with Gasteiger partial charge in [0.05, 0.1) is 5.01 Å². The third kappa shape index (κ3) is 3.08. The van der Waals surface area contributed by atoms with Gasteiger partial charge in [-0.3, -0.25) is 4.79 Å². The Kier molecular flexibility index (Phi) is 4.73. The standard InChI is InChI=1S/C22H28N4OS/c1-2-6-19-23-18(13-28-19)21(27)24-20-16-11-25-9-10-26(12-16)15-22(20,14-25)17-7-4-3-5-8-17/h3-5,7-8,13,16,20H,2,6,9-12,14-15H2,1H3,(H,24,27)/t16?,20-,22?/m1/s1. The zero-order valence-electron chi connectivity index (χ0n) is 16.4. The van der Waals surface area contributed by atoms with Crippen LogP contribution in [0.3, 0.4) is 0 Å². The van der Waals surface area contributed by atoms with Gasteiger partial charge in [0, 0.05) is 62.0 Å². The van der Waals surface area contributed by atoms with Gasteiger partial charge in [0.1, 0.15) is 5.69 Å². The van der Waals surface area contributed by atoms with Crippen molar-refractivity contribution in [2.45, 2.75) is 31.2 Å². The molecule has 0 aliphatic carbocycles. The summed E-state index contributed by atoms with van der Waals surface area (Å²) in [5.74, 6) is 0.456. The quantitative estimate of drug-likeness (QED) is 0.843. The van der Waals surface area contributed by atoms with Crippen LogP contribution in [-0.2, 0) is 11.8 Å². The van der Waals surface area contributed by atoms with Gasteiger partial charge in [-0.1, -0.05) is 37.3 Å². The molecule has 0 spiro atoms. The van der Waals surface area contributed by atoms with Crippen LogP contribution in [0.5, 0.6) is 0 Å². The van der Waals surface area contributed by atoms with E-state index >= 15 is 0 Å². The van der Waals surface area contributed by atoms with Crippen molar-refractivity contribution in [1.82, 2.24) is 20.1 Å². The van der Waals surface area contributed by atoms with Crippen LogP contribution in [0.4, 0.5) is 0 Å². The second-order valence-electron chi connectivity index (χ2n) is 8.58. The summed E-state index contributed by atoms with van der Waals surface area (Å²) in [5, 5.41) is 6.43. The highest BCUT2D eigenvalue weighted by Gasteiger charge is 2.55. The van der Waals surface area contributed by atoms with Crippen molar-refractivity contribution in [3.63, 3.8) is 0 Å². The van der Waals surface area contributed by atoms with Crippen molar-refractivity contribution >= 4 is 17.2 Å². The molecule has 2 aromatic rings. The number of aromatic nitrogens is 1. The molecule has 28 heavy (non-hydrogen) atoms. The van der Waals surface area contributed by atoms with E-state index in [1.165, 1.54) is 5.56 Å². The highest BCUT2D eigenvalue weighted by molar-refractivity contribution is 7.09. The number of carbonyl (C=O) groups excluding carboxylic acids is 1. The Labute approximate surface area is 170 Å². The predicted molar refractivity (Wildman–Crippen MR) is 112 cm³/mol. The number of benzene rings is 1. The van der Waals surface area contributed by atoms with Gasteiger partial charge in [0.25, 0.3) is 5.91 Å². The number of nitrogens with zero attached hydrogens (tertiary/aromatic N) is 3. The van der Waals surface area contributed by atoms with Crippen molar-refractivity contribution in [1.29, 1.82) is 0 Å². The van der Waals surface area contributed by atoms with Crippen molar-refractivity contribution < 1.29 is 4.79 Å². The molecule has 5 heterocycles. The number of hydrogen-bond donors (Lipinski definition) is 1. The number of amides is 1. The fourth-order valence-electron chi connectivity index (χ4n) is 5.53. The van der Waals surface area contributed by atoms with Crippen LogP contribution < -0.4 is 5.32 Å². The molecule has 3 atom stereocenters. The van der Waals surface area contributed by atoms with Crippen LogP contribution in [0.1, 0.15) is 34.4 Å². The molecule has 6 rings (SSSR count). The van der Waals surface area contributed by atoms with E-state index in [2.05, 4.69) is 57.4 Å². The number of aryl methyl sites for hydroxylation is 1. The Morgan fingerprint density at radius 2 is 1.93 bits per heavy atom. The molecule has 2 unspecified atom stereocenters. The van der Waals surface area contributed by atoms with Crippen molar-refractivity contribution in [3.8, 4) is 0 Å². The van der Waals surface area contributed by atoms with Gasteiger partial charge < -0.3 is 15.1 Å². The molecule has 0 radical (unpaired) electrons. The predicted octanol–water partition coefficient (Wildman–Crippen LogP) is 2.39. The molecule has 148 valence electrons. The van der Waals surface area contributed by atoms with E-state index in [1.807, 2.05) is 5.38 Å².